The summed E-state index contributed by atoms with van der Waals surface area (Å²) < 4.78 is 29.3. The zero-order valence-corrected chi connectivity index (χ0v) is 16.7. The minimum Gasteiger partial charge on any atom is -0.435 e. The molecule has 0 saturated heterocycles. The first-order chi connectivity index (χ1) is 15.1. The lowest BCUT2D eigenvalue weighted by molar-refractivity contribution is -0.121. The Morgan fingerprint density at radius 2 is 1.58 bits per heavy atom. The van der Waals surface area contributed by atoms with Gasteiger partial charge >= 0.3 is 6.61 Å². The summed E-state index contributed by atoms with van der Waals surface area (Å²) in [5.41, 5.74) is 3.83. The summed E-state index contributed by atoms with van der Waals surface area (Å²) in [6.45, 7) is -2.88. The Hall–Kier alpha value is -3.67. The monoisotopic (exact) mass is 420 g/mol. The molecule has 0 radical (unpaired) electrons. The van der Waals surface area contributed by atoms with Crippen molar-refractivity contribution in [2.75, 3.05) is 0 Å². The Labute approximate surface area is 178 Å². The zero-order chi connectivity index (χ0) is 21.6. The summed E-state index contributed by atoms with van der Waals surface area (Å²) in [5.74, 6) is -0.0109. The third-order valence-corrected chi connectivity index (χ3v) is 5.17. The number of fused-ring (bicyclic) bond motifs is 1. The molecule has 1 aromatic heterocycles. The van der Waals surface area contributed by atoms with Crippen molar-refractivity contribution in [1.29, 1.82) is 0 Å². The van der Waals surface area contributed by atoms with Gasteiger partial charge in [-0.25, -0.2) is 0 Å². The Kier molecular flexibility index (Phi) is 6.26. The summed E-state index contributed by atoms with van der Waals surface area (Å²) in [7, 11) is 0. The number of amides is 1. The first-order valence-electron chi connectivity index (χ1n) is 10.0. The predicted octanol–water partition coefficient (Wildman–Crippen LogP) is 5.61. The number of H-pyrrole nitrogens is 1. The van der Waals surface area contributed by atoms with Crippen LogP contribution in [0.4, 0.5) is 8.78 Å². The van der Waals surface area contributed by atoms with Gasteiger partial charge in [-0.15, -0.1) is 0 Å². The molecule has 158 valence electrons. The average molecular weight is 420 g/mol. The summed E-state index contributed by atoms with van der Waals surface area (Å²) in [6, 6.07) is 23.5. The van der Waals surface area contributed by atoms with E-state index in [0.29, 0.717) is 12.8 Å². The van der Waals surface area contributed by atoms with Crippen molar-refractivity contribution in [1.82, 2.24) is 10.3 Å². The second kappa shape index (κ2) is 9.43. The first kappa shape index (κ1) is 20.6. The van der Waals surface area contributed by atoms with Crippen LogP contribution in [0.2, 0.25) is 0 Å². The molecule has 0 aliphatic heterocycles. The van der Waals surface area contributed by atoms with E-state index in [-0.39, 0.29) is 11.7 Å². The van der Waals surface area contributed by atoms with Crippen molar-refractivity contribution in [3.05, 3.63) is 102 Å². The molecular weight excluding hydrogens is 398 g/mol. The SMILES string of the molecule is O=C(CCc1c[nH]c2ccccc12)NC(c1ccccc1)c1ccc(OC(F)F)cc1. The second-order valence-electron chi connectivity index (χ2n) is 7.22. The van der Waals surface area contributed by atoms with Gasteiger partial charge in [-0.1, -0.05) is 60.7 Å². The normalized spacial score (nSPS) is 12.1. The number of ether oxygens (including phenoxy) is 1. The fraction of sp³-hybridized carbons (Fsp3) is 0.160. The summed E-state index contributed by atoms with van der Waals surface area (Å²) in [5, 5.41) is 4.20. The lowest BCUT2D eigenvalue weighted by Gasteiger charge is -2.20. The Balaban J connectivity index is 1.49. The summed E-state index contributed by atoms with van der Waals surface area (Å²) in [6.07, 6.45) is 2.88. The van der Waals surface area contributed by atoms with E-state index in [1.165, 1.54) is 12.1 Å². The van der Waals surface area contributed by atoms with E-state index >= 15 is 0 Å². The first-order valence-corrected chi connectivity index (χ1v) is 10.0. The summed E-state index contributed by atoms with van der Waals surface area (Å²) >= 11 is 0. The molecule has 0 aliphatic carbocycles. The van der Waals surface area contributed by atoms with Crippen LogP contribution in [0, 0.1) is 0 Å². The van der Waals surface area contributed by atoms with Crippen molar-refractivity contribution in [3.8, 4) is 5.75 Å². The van der Waals surface area contributed by atoms with Crippen LogP contribution in [0.1, 0.15) is 29.2 Å². The number of carbonyl (C=O) groups excluding carboxylic acids is 1. The topological polar surface area (TPSA) is 54.1 Å². The molecule has 31 heavy (non-hydrogen) atoms. The number of para-hydroxylation sites is 1. The third kappa shape index (κ3) is 5.09. The van der Waals surface area contributed by atoms with Crippen LogP contribution in [-0.2, 0) is 11.2 Å². The molecule has 0 saturated carbocycles. The maximum atomic E-state index is 12.8. The minimum atomic E-state index is -2.88. The number of aromatic amines is 1. The van der Waals surface area contributed by atoms with E-state index < -0.39 is 12.7 Å². The van der Waals surface area contributed by atoms with E-state index in [0.717, 1.165) is 27.6 Å². The fourth-order valence-electron chi connectivity index (χ4n) is 3.67. The van der Waals surface area contributed by atoms with Gasteiger partial charge in [0.2, 0.25) is 5.91 Å². The van der Waals surface area contributed by atoms with Gasteiger partial charge in [-0.3, -0.25) is 4.79 Å². The molecule has 1 heterocycles. The number of nitrogens with one attached hydrogen (secondary N) is 2. The Morgan fingerprint density at radius 3 is 2.32 bits per heavy atom. The highest BCUT2D eigenvalue weighted by Gasteiger charge is 2.18. The number of aryl methyl sites for hydroxylation is 1. The largest absolute Gasteiger partial charge is 0.435 e. The Morgan fingerprint density at radius 1 is 0.903 bits per heavy atom. The van der Waals surface area contributed by atoms with Crippen molar-refractivity contribution < 1.29 is 18.3 Å². The van der Waals surface area contributed by atoms with Gasteiger partial charge in [0.25, 0.3) is 0 Å². The van der Waals surface area contributed by atoms with Crippen LogP contribution in [-0.4, -0.2) is 17.5 Å². The standard InChI is InChI=1S/C25H22F2N2O2/c26-25(27)31-20-13-10-18(11-14-20)24(17-6-2-1-3-7-17)29-23(30)15-12-19-16-28-22-9-5-4-8-21(19)22/h1-11,13-14,16,24-25,28H,12,15H2,(H,29,30). The number of halogens is 2. The van der Waals surface area contributed by atoms with Crippen LogP contribution >= 0.6 is 0 Å². The van der Waals surface area contributed by atoms with E-state index in [2.05, 4.69) is 15.0 Å². The van der Waals surface area contributed by atoms with E-state index in [1.54, 1.807) is 12.1 Å². The molecule has 0 aliphatic rings. The van der Waals surface area contributed by atoms with Crippen molar-refractivity contribution in [2.24, 2.45) is 0 Å². The zero-order valence-electron chi connectivity index (χ0n) is 16.7. The van der Waals surface area contributed by atoms with Crippen molar-refractivity contribution in [2.45, 2.75) is 25.5 Å². The van der Waals surface area contributed by atoms with Gasteiger partial charge in [0.15, 0.2) is 0 Å². The molecule has 0 fully saturated rings. The highest BCUT2D eigenvalue weighted by Crippen LogP contribution is 2.25. The average Bonchev–Trinajstić information content (AvgIpc) is 3.20. The van der Waals surface area contributed by atoms with Crippen LogP contribution in [0.15, 0.2) is 85.1 Å². The van der Waals surface area contributed by atoms with Gasteiger partial charge in [0.05, 0.1) is 6.04 Å². The predicted molar refractivity (Wildman–Crippen MR) is 116 cm³/mol. The number of alkyl halides is 2. The maximum Gasteiger partial charge on any atom is 0.387 e. The van der Waals surface area contributed by atoms with Gasteiger partial charge in [0.1, 0.15) is 5.75 Å². The smallest absolute Gasteiger partial charge is 0.387 e. The van der Waals surface area contributed by atoms with Gasteiger partial charge in [-0.05, 0) is 41.3 Å². The van der Waals surface area contributed by atoms with E-state index in [4.69, 9.17) is 0 Å². The highest BCUT2D eigenvalue weighted by molar-refractivity contribution is 5.84. The fourth-order valence-corrected chi connectivity index (χ4v) is 3.67. The molecular formula is C25H22F2N2O2. The molecule has 0 spiro atoms. The van der Waals surface area contributed by atoms with E-state index in [9.17, 15) is 13.6 Å². The number of carbonyl (C=O) groups is 1. The number of benzene rings is 3. The van der Waals surface area contributed by atoms with Crippen LogP contribution in [0.25, 0.3) is 10.9 Å². The van der Waals surface area contributed by atoms with Crippen LogP contribution < -0.4 is 10.1 Å². The number of hydrogen-bond donors (Lipinski definition) is 2. The molecule has 1 unspecified atom stereocenters. The Bertz CT molecular complexity index is 1140. The lowest BCUT2D eigenvalue weighted by Crippen LogP contribution is -2.29. The number of rotatable bonds is 8. The quantitative estimate of drug-likeness (QED) is 0.389. The lowest BCUT2D eigenvalue weighted by atomic mass is 9.98. The number of aromatic nitrogens is 1. The van der Waals surface area contributed by atoms with Crippen molar-refractivity contribution in [3.63, 3.8) is 0 Å². The molecule has 4 rings (SSSR count). The van der Waals surface area contributed by atoms with E-state index in [1.807, 2.05) is 60.8 Å². The van der Waals surface area contributed by atoms with Gasteiger partial charge in [-0.2, -0.15) is 8.78 Å². The minimum absolute atomic E-state index is 0.0798. The van der Waals surface area contributed by atoms with Crippen molar-refractivity contribution >= 4 is 16.8 Å². The highest BCUT2D eigenvalue weighted by atomic mass is 19.3. The molecule has 1 atom stereocenters. The van der Waals surface area contributed by atoms with Crippen LogP contribution in [0.5, 0.6) is 5.75 Å². The molecule has 2 N–H and O–H groups in total. The van der Waals surface area contributed by atoms with Gasteiger partial charge < -0.3 is 15.0 Å². The molecule has 4 nitrogen and oxygen atoms in total. The van der Waals surface area contributed by atoms with Gasteiger partial charge in [0, 0.05) is 23.5 Å². The third-order valence-electron chi connectivity index (χ3n) is 5.17. The number of hydrogen-bond acceptors (Lipinski definition) is 2. The second-order valence-corrected chi connectivity index (χ2v) is 7.22. The molecule has 1 amide bonds. The maximum absolute atomic E-state index is 12.8. The molecule has 4 aromatic rings. The van der Waals surface area contributed by atoms with Crippen LogP contribution in [0.3, 0.4) is 0 Å². The molecule has 6 heteroatoms. The molecule has 3 aromatic carbocycles. The summed E-state index contributed by atoms with van der Waals surface area (Å²) in [4.78, 5) is 16.0. The molecule has 0 bridgehead atoms.